The molecule has 8 nitrogen and oxygen atoms in total. The summed E-state index contributed by atoms with van der Waals surface area (Å²) in [7, 11) is 0. The zero-order chi connectivity index (χ0) is 20.0. The Morgan fingerprint density at radius 3 is 2.63 bits per heavy atom. The number of rotatable bonds is 4. The van der Waals surface area contributed by atoms with Crippen molar-refractivity contribution in [1.82, 2.24) is 5.32 Å². The number of phenols is 1. The molecule has 27 heavy (non-hydrogen) atoms. The largest absolute Gasteiger partial charge is 0.507 e. The smallest absolute Gasteiger partial charge is 0.260 e. The maximum Gasteiger partial charge on any atom is 0.260 e. The zero-order valence-electron chi connectivity index (χ0n) is 13.9. The molecule has 0 spiro atoms. The molecule has 0 bridgehead atoms. The van der Waals surface area contributed by atoms with E-state index in [2.05, 4.69) is 20.0 Å². The monoisotopic (exact) mass is 367 g/mol. The Kier molecular flexibility index (Phi) is 6.05. The lowest BCUT2D eigenvalue weighted by Crippen LogP contribution is -2.37. The quantitative estimate of drug-likeness (QED) is 0.377. The third kappa shape index (κ3) is 4.00. The molecule has 0 aliphatic heterocycles. The standard InChI is InChI=1S/C18H14FN5O3/c1-21-12-6-7-13(26)15(17(27)24-18(20)23-8-9-25)14(12)10-4-3-5-11(19)16(10)22-2/h3-7,25-26H,8-9H2,(H3,20,23,24,27). The second-order valence-corrected chi connectivity index (χ2v) is 5.16. The molecular weight excluding hydrogens is 353 g/mol. The molecule has 0 heterocycles. The number of guanidine groups is 1. The van der Waals surface area contributed by atoms with Gasteiger partial charge in [0.1, 0.15) is 11.6 Å². The number of benzene rings is 2. The van der Waals surface area contributed by atoms with Crippen LogP contribution in [0.4, 0.5) is 15.8 Å². The summed E-state index contributed by atoms with van der Waals surface area (Å²) >= 11 is 0. The minimum Gasteiger partial charge on any atom is -0.507 e. The van der Waals surface area contributed by atoms with Gasteiger partial charge in [-0.2, -0.15) is 0 Å². The van der Waals surface area contributed by atoms with Gasteiger partial charge in [0.05, 0.1) is 31.9 Å². The molecule has 0 unspecified atom stereocenters. The number of carbonyl (C=O) groups excluding carboxylic acids is 1. The molecule has 1 amide bonds. The number of carbonyl (C=O) groups is 1. The van der Waals surface area contributed by atoms with Crippen LogP contribution in [0.15, 0.2) is 35.3 Å². The second-order valence-electron chi connectivity index (χ2n) is 5.16. The van der Waals surface area contributed by atoms with Gasteiger partial charge in [0.2, 0.25) is 5.69 Å². The lowest BCUT2D eigenvalue weighted by atomic mass is 9.94. The van der Waals surface area contributed by atoms with E-state index < -0.39 is 17.5 Å². The molecule has 0 radical (unpaired) electrons. The molecular formula is C18H14FN5O3. The number of aliphatic hydroxyl groups excluding tert-OH is 1. The normalized spacial score (nSPS) is 10.7. The number of aliphatic imine (C=N–C) groups is 1. The number of nitrogens with zero attached hydrogens (tertiary/aromatic N) is 3. The molecule has 9 heteroatoms. The highest BCUT2D eigenvalue weighted by atomic mass is 19.1. The first-order valence-electron chi connectivity index (χ1n) is 7.56. The first-order valence-corrected chi connectivity index (χ1v) is 7.56. The highest BCUT2D eigenvalue weighted by Gasteiger charge is 2.24. The summed E-state index contributed by atoms with van der Waals surface area (Å²) in [6.45, 7) is 14.2. The Morgan fingerprint density at radius 1 is 1.26 bits per heavy atom. The van der Waals surface area contributed by atoms with E-state index in [9.17, 15) is 14.3 Å². The van der Waals surface area contributed by atoms with Gasteiger partial charge in [-0.05, 0) is 23.3 Å². The van der Waals surface area contributed by atoms with Crippen molar-refractivity contribution in [3.05, 3.63) is 64.5 Å². The van der Waals surface area contributed by atoms with Crippen LogP contribution in [0.2, 0.25) is 0 Å². The summed E-state index contributed by atoms with van der Waals surface area (Å²) in [6, 6.07) is 6.19. The maximum absolute atomic E-state index is 14.0. The molecule has 0 saturated heterocycles. The zero-order valence-corrected chi connectivity index (χ0v) is 13.9. The number of aromatic hydroxyl groups is 1. The lowest BCUT2D eigenvalue weighted by molar-refractivity contribution is 0.0974. The minimum absolute atomic E-state index is 0.0112. The third-order valence-corrected chi connectivity index (χ3v) is 3.50. The predicted molar refractivity (Wildman–Crippen MR) is 97.1 cm³/mol. The van der Waals surface area contributed by atoms with Crippen molar-refractivity contribution in [3.8, 4) is 16.9 Å². The molecule has 5 N–H and O–H groups in total. The second kappa shape index (κ2) is 8.43. The van der Waals surface area contributed by atoms with Gasteiger partial charge in [0.25, 0.3) is 5.91 Å². The number of halogens is 1. The molecule has 2 aromatic carbocycles. The van der Waals surface area contributed by atoms with E-state index in [-0.39, 0.29) is 47.2 Å². The van der Waals surface area contributed by atoms with Gasteiger partial charge in [-0.15, -0.1) is 0 Å². The van der Waals surface area contributed by atoms with E-state index in [0.29, 0.717) is 0 Å². The van der Waals surface area contributed by atoms with E-state index in [1.807, 2.05) is 0 Å². The van der Waals surface area contributed by atoms with Gasteiger partial charge in [-0.3, -0.25) is 15.1 Å². The van der Waals surface area contributed by atoms with Crippen LogP contribution in [-0.4, -0.2) is 35.2 Å². The van der Waals surface area contributed by atoms with Gasteiger partial charge in [-0.1, -0.05) is 18.2 Å². The number of hydrogen-bond donors (Lipinski definition) is 4. The number of aliphatic hydroxyl groups is 1. The van der Waals surface area contributed by atoms with Crippen LogP contribution in [-0.2, 0) is 0 Å². The number of para-hydroxylation sites is 1. The Bertz CT molecular complexity index is 1010. The molecule has 0 atom stereocenters. The number of amides is 1. The minimum atomic E-state index is -0.896. The van der Waals surface area contributed by atoms with Crippen LogP contribution in [0.1, 0.15) is 10.4 Å². The number of nitrogens with two attached hydrogens (primary N) is 1. The molecule has 2 rings (SSSR count). The van der Waals surface area contributed by atoms with Crippen molar-refractivity contribution in [2.75, 3.05) is 13.2 Å². The van der Waals surface area contributed by atoms with Crippen molar-refractivity contribution >= 4 is 23.2 Å². The van der Waals surface area contributed by atoms with Gasteiger partial charge in [-0.25, -0.2) is 14.1 Å². The van der Waals surface area contributed by atoms with Crippen molar-refractivity contribution in [1.29, 1.82) is 0 Å². The first kappa shape index (κ1) is 19.4. The highest BCUT2D eigenvalue weighted by molar-refractivity contribution is 6.13. The van der Waals surface area contributed by atoms with Crippen molar-refractivity contribution in [2.45, 2.75) is 0 Å². The SMILES string of the molecule is [C-]#[N+]c1ccc(O)c(C(=O)NC(N)=NCCO)c1-c1cccc(F)c1[N+]#[C-]. The molecule has 136 valence electrons. The van der Waals surface area contributed by atoms with Gasteiger partial charge in [0, 0.05) is 0 Å². The summed E-state index contributed by atoms with van der Waals surface area (Å²) < 4.78 is 14.0. The van der Waals surface area contributed by atoms with Gasteiger partial charge in [0.15, 0.2) is 11.6 Å². The molecule has 0 saturated carbocycles. The Balaban J connectivity index is 2.71. The Labute approximate surface area is 154 Å². The van der Waals surface area contributed by atoms with Gasteiger partial charge < -0.3 is 15.9 Å². The van der Waals surface area contributed by atoms with E-state index in [1.165, 1.54) is 18.2 Å². The summed E-state index contributed by atoms with van der Waals surface area (Å²) in [6.07, 6.45) is 0. The fraction of sp³-hybridized carbons (Fsp3) is 0.111. The number of nitrogens with one attached hydrogen (secondary N) is 1. The molecule has 0 aliphatic carbocycles. The number of phenolic OH excluding ortho intramolecular Hbond substituents is 1. The fourth-order valence-corrected chi connectivity index (χ4v) is 2.40. The fourth-order valence-electron chi connectivity index (χ4n) is 2.40. The lowest BCUT2D eigenvalue weighted by Gasteiger charge is -2.15. The average molecular weight is 367 g/mol. The summed E-state index contributed by atoms with van der Waals surface area (Å²) in [5, 5.41) is 21.2. The highest BCUT2D eigenvalue weighted by Crippen LogP contribution is 2.43. The van der Waals surface area contributed by atoms with Crippen molar-refractivity contribution in [3.63, 3.8) is 0 Å². The summed E-state index contributed by atoms with van der Waals surface area (Å²) in [5.41, 5.74) is 4.65. The average Bonchev–Trinajstić information content (AvgIpc) is 2.65. The third-order valence-electron chi connectivity index (χ3n) is 3.50. The van der Waals surface area contributed by atoms with Crippen LogP contribution in [0.5, 0.6) is 5.75 Å². The van der Waals surface area contributed by atoms with Crippen LogP contribution in [0.3, 0.4) is 0 Å². The van der Waals surface area contributed by atoms with Crippen LogP contribution < -0.4 is 11.1 Å². The van der Waals surface area contributed by atoms with Crippen LogP contribution >= 0.6 is 0 Å². The molecule has 2 aromatic rings. The van der Waals surface area contributed by atoms with E-state index in [4.69, 9.17) is 24.0 Å². The van der Waals surface area contributed by atoms with Crippen LogP contribution in [0.25, 0.3) is 20.8 Å². The number of hydrogen-bond acceptors (Lipinski definition) is 4. The van der Waals surface area contributed by atoms with Crippen molar-refractivity contribution in [2.24, 2.45) is 10.7 Å². The molecule has 0 aliphatic rings. The van der Waals surface area contributed by atoms with Crippen molar-refractivity contribution < 1.29 is 19.4 Å². The molecule has 0 fully saturated rings. The maximum atomic E-state index is 14.0. The van der Waals surface area contributed by atoms with E-state index in [0.717, 1.165) is 12.1 Å². The van der Waals surface area contributed by atoms with Gasteiger partial charge >= 0.3 is 0 Å². The molecule has 0 aromatic heterocycles. The summed E-state index contributed by atoms with van der Waals surface area (Å²) in [5.74, 6) is -2.51. The Hall–Kier alpha value is -3.95. The predicted octanol–water partition coefficient (Wildman–Crippen LogP) is 2.34. The van der Waals surface area contributed by atoms with E-state index in [1.54, 1.807) is 0 Å². The Morgan fingerprint density at radius 2 is 2.00 bits per heavy atom. The first-order chi connectivity index (χ1) is 12.9. The van der Waals surface area contributed by atoms with E-state index >= 15 is 0 Å². The van der Waals surface area contributed by atoms with Crippen LogP contribution in [0, 0.1) is 19.0 Å². The topological polar surface area (TPSA) is 117 Å². The summed E-state index contributed by atoms with van der Waals surface area (Å²) in [4.78, 5) is 22.7.